The maximum atomic E-state index is 13.1. The zero-order valence-corrected chi connectivity index (χ0v) is 15.8. The molecule has 0 spiro atoms. The molecule has 1 unspecified atom stereocenters. The van der Waals surface area contributed by atoms with Crippen molar-refractivity contribution in [3.05, 3.63) is 63.5 Å². The third-order valence-electron chi connectivity index (χ3n) is 3.15. The molecule has 2 rings (SSSR count). The summed E-state index contributed by atoms with van der Waals surface area (Å²) in [6, 6.07) is 11.8. The van der Waals surface area contributed by atoms with Crippen LogP contribution in [-0.2, 0) is 14.8 Å². The largest absolute Gasteiger partial charge is 0.326 e. The smallest absolute Gasteiger partial charge is 0.226 e. The molecule has 8 heteroatoms. The van der Waals surface area contributed by atoms with Crippen molar-refractivity contribution in [3.63, 3.8) is 0 Å². The molecule has 2 N–H and O–H groups in total. The predicted octanol–water partition coefficient (Wildman–Crippen LogP) is 3.05. The molecule has 0 aliphatic carbocycles. The molecular formula is C16H16FIN2O3S. The van der Waals surface area contributed by atoms with Crippen molar-refractivity contribution in [2.75, 3.05) is 11.6 Å². The number of carbonyl (C=O) groups is 1. The first-order valence-corrected chi connectivity index (χ1v) is 9.98. The number of sulfonamides is 1. The summed E-state index contributed by atoms with van der Waals surface area (Å²) < 4.78 is 39.6. The number of carbonyl (C=O) groups excluding carboxylic acids is 1. The molecule has 0 bridgehead atoms. The number of rotatable bonds is 6. The lowest BCUT2D eigenvalue weighted by atomic mass is 10.0. The van der Waals surface area contributed by atoms with E-state index >= 15 is 0 Å². The van der Waals surface area contributed by atoms with E-state index in [0.29, 0.717) is 11.3 Å². The Bertz CT molecular complexity index is 808. The first-order chi connectivity index (χ1) is 11.2. The fourth-order valence-corrected chi connectivity index (χ4v) is 3.21. The van der Waals surface area contributed by atoms with Crippen LogP contribution in [0.5, 0.6) is 0 Å². The lowest BCUT2D eigenvalue weighted by Gasteiger charge is -2.18. The van der Waals surface area contributed by atoms with Crippen LogP contribution in [0.2, 0.25) is 0 Å². The van der Waals surface area contributed by atoms with Crippen LogP contribution in [0.1, 0.15) is 18.0 Å². The zero-order valence-electron chi connectivity index (χ0n) is 12.8. The van der Waals surface area contributed by atoms with Gasteiger partial charge in [0.15, 0.2) is 0 Å². The van der Waals surface area contributed by atoms with Gasteiger partial charge >= 0.3 is 0 Å². The molecule has 0 radical (unpaired) electrons. The number of hydrogen-bond donors (Lipinski definition) is 2. The van der Waals surface area contributed by atoms with Gasteiger partial charge in [0.05, 0.1) is 12.3 Å². The van der Waals surface area contributed by atoms with E-state index in [1.165, 1.54) is 24.3 Å². The molecule has 128 valence electrons. The van der Waals surface area contributed by atoms with Gasteiger partial charge in [-0.05, 0) is 64.6 Å². The van der Waals surface area contributed by atoms with Crippen LogP contribution in [0.15, 0.2) is 48.5 Å². The van der Waals surface area contributed by atoms with Crippen LogP contribution in [0, 0.1) is 9.39 Å². The summed E-state index contributed by atoms with van der Waals surface area (Å²) in [7, 11) is -3.53. The molecule has 0 aliphatic heterocycles. The number of nitrogens with one attached hydrogen (secondary N) is 2. The first kappa shape index (κ1) is 18.8. The van der Waals surface area contributed by atoms with Gasteiger partial charge in [-0.25, -0.2) is 17.5 Å². The van der Waals surface area contributed by atoms with Gasteiger partial charge in [-0.1, -0.05) is 12.1 Å². The van der Waals surface area contributed by atoms with Gasteiger partial charge < -0.3 is 5.32 Å². The summed E-state index contributed by atoms with van der Waals surface area (Å²) >= 11 is 2.16. The maximum Gasteiger partial charge on any atom is 0.226 e. The molecule has 0 fully saturated rings. The highest BCUT2D eigenvalue weighted by Crippen LogP contribution is 2.20. The predicted molar refractivity (Wildman–Crippen MR) is 99.5 cm³/mol. The van der Waals surface area contributed by atoms with E-state index in [9.17, 15) is 17.6 Å². The Hall–Kier alpha value is -1.52. The second kappa shape index (κ2) is 8.04. The van der Waals surface area contributed by atoms with Gasteiger partial charge in [0, 0.05) is 15.7 Å². The minimum atomic E-state index is -3.53. The van der Waals surface area contributed by atoms with Crippen molar-refractivity contribution in [1.29, 1.82) is 0 Å². The second-order valence-corrected chi connectivity index (χ2v) is 8.28. The summed E-state index contributed by atoms with van der Waals surface area (Å²) in [6.45, 7) is 0. The van der Waals surface area contributed by atoms with E-state index in [2.05, 4.69) is 32.6 Å². The van der Waals surface area contributed by atoms with Crippen molar-refractivity contribution in [2.24, 2.45) is 0 Å². The molecule has 0 saturated heterocycles. The summed E-state index contributed by atoms with van der Waals surface area (Å²) in [4.78, 5) is 12.2. The summed E-state index contributed by atoms with van der Waals surface area (Å²) in [6.07, 6.45) is 0.908. The van der Waals surface area contributed by atoms with Crippen LogP contribution >= 0.6 is 22.6 Å². The molecule has 5 nitrogen and oxygen atoms in total. The second-order valence-electron chi connectivity index (χ2n) is 5.25. The highest BCUT2D eigenvalue weighted by atomic mass is 127. The average molecular weight is 462 g/mol. The Morgan fingerprint density at radius 2 is 1.71 bits per heavy atom. The van der Waals surface area contributed by atoms with E-state index in [0.717, 1.165) is 9.83 Å². The molecule has 0 heterocycles. The number of hydrogen-bond acceptors (Lipinski definition) is 3. The molecule has 0 saturated carbocycles. The van der Waals surface area contributed by atoms with E-state index in [-0.39, 0.29) is 12.3 Å². The topological polar surface area (TPSA) is 75.3 Å². The summed E-state index contributed by atoms with van der Waals surface area (Å²) in [5.74, 6) is -0.776. The fraction of sp³-hybridized carbons (Fsp3) is 0.188. The Morgan fingerprint density at radius 3 is 2.25 bits per heavy atom. The SMILES string of the molecule is CS(=O)(=O)NC(CC(=O)Nc1ccc(I)cc1)c1ccc(F)cc1. The molecule has 24 heavy (non-hydrogen) atoms. The minimum Gasteiger partial charge on any atom is -0.326 e. The molecule has 2 aromatic rings. The summed E-state index contributed by atoms with van der Waals surface area (Å²) in [5.41, 5.74) is 1.14. The average Bonchev–Trinajstić information content (AvgIpc) is 2.48. The molecule has 1 amide bonds. The molecule has 0 aliphatic rings. The Morgan fingerprint density at radius 1 is 1.12 bits per heavy atom. The molecule has 2 aromatic carbocycles. The van der Waals surface area contributed by atoms with Crippen LogP contribution < -0.4 is 10.0 Å². The van der Waals surface area contributed by atoms with Gasteiger partial charge in [0.2, 0.25) is 15.9 Å². The highest BCUT2D eigenvalue weighted by Gasteiger charge is 2.20. The van der Waals surface area contributed by atoms with Gasteiger partial charge in [0.25, 0.3) is 0 Å². The quantitative estimate of drug-likeness (QED) is 0.649. The zero-order chi connectivity index (χ0) is 17.7. The molecular weight excluding hydrogens is 446 g/mol. The van der Waals surface area contributed by atoms with Crippen LogP contribution in [0.25, 0.3) is 0 Å². The molecule has 0 aromatic heterocycles. The Balaban J connectivity index is 2.13. The van der Waals surface area contributed by atoms with E-state index in [1.54, 1.807) is 12.1 Å². The monoisotopic (exact) mass is 462 g/mol. The van der Waals surface area contributed by atoms with Crippen molar-refractivity contribution < 1.29 is 17.6 Å². The van der Waals surface area contributed by atoms with E-state index < -0.39 is 21.9 Å². The number of halogens is 2. The Kier molecular flexibility index (Phi) is 6.30. The lowest BCUT2D eigenvalue weighted by molar-refractivity contribution is -0.116. The van der Waals surface area contributed by atoms with Gasteiger partial charge in [-0.15, -0.1) is 0 Å². The summed E-state index contributed by atoms with van der Waals surface area (Å²) in [5, 5.41) is 2.72. The van der Waals surface area contributed by atoms with E-state index in [1.807, 2.05) is 12.1 Å². The van der Waals surface area contributed by atoms with Crippen molar-refractivity contribution in [2.45, 2.75) is 12.5 Å². The van der Waals surface area contributed by atoms with Crippen molar-refractivity contribution in [1.82, 2.24) is 4.72 Å². The van der Waals surface area contributed by atoms with Crippen molar-refractivity contribution in [3.8, 4) is 0 Å². The normalized spacial score (nSPS) is 12.6. The number of amides is 1. The first-order valence-electron chi connectivity index (χ1n) is 7.01. The lowest BCUT2D eigenvalue weighted by Crippen LogP contribution is -2.30. The van der Waals surface area contributed by atoms with Gasteiger partial charge in [0.1, 0.15) is 5.82 Å². The van der Waals surface area contributed by atoms with Gasteiger partial charge in [-0.3, -0.25) is 4.79 Å². The number of anilines is 1. The number of benzene rings is 2. The van der Waals surface area contributed by atoms with Crippen LogP contribution in [0.4, 0.5) is 10.1 Å². The fourth-order valence-electron chi connectivity index (χ4n) is 2.11. The Labute approximate surface area is 153 Å². The third kappa shape index (κ3) is 6.17. The standard InChI is InChI=1S/C16H16FIN2O3S/c1-24(22,23)20-15(11-2-4-12(17)5-3-11)10-16(21)19-14-8-6-13(18)7-9-14/h2-9,15,20H,10H2,1H3,(H,19,21). The van der Waals surface area contributed by atoms with E-state index in [4.69, 9.17) is 0 Å². The van der Waals surface area contributed by atoms with Crippen LogP contribution in [-0.4, -0.2) is 20.6 Å². The van der Waals surface area contributed by atoms with Crippen molar-refractivity contribution >= 4 is 44.2 Å². The minimum absolute atomic E-state index is 0.106. The van der Waals surface area contributed by atoms with Gasteiger partial charge in [-0.2, -0.15) is 0 Å². The maximum absolute atomic E-state index is 13.1. The molecule has 1 atom stereocenters. The highest BCUT2D eigenvalue weighted by molar-refractivity contribution is 14.1. The van der Waals surface area contributed by atoms with Crippen LogP contribution in [0.3, 0.4) is 0 Å². The third-order valence-corrected chi connectivity index (χ3v) is 4.58.